The van der Waals surface area contributed by atoms with Crippen LogP contribution in [0.15, 0.2) is 54.6 Å². The zero-order valence-corrected chi connectivity index (χ0v) is 20.7. The summed E-state index contributed by atoms with van der Waals surface area (Å²) in [5.41, 5.74) is 2.57. The Bertz CT molecular complexity index is 983. The maximum atomic E-state index is 12.9. The van der Waals surface area contributed by atoms with Gasteiger partial charge < -0.3 is 10.2 Å². The molecule has 3 N–H and O–H groups in total. The molecule has 2 aromatic rings. The topological polar surface area (TPSA) is 98.7 Å². The van der Waals surface area contributed by atoms with E-state index < -0.39 is 17.1 Å². The number of likely N-dealkylation sites (tertiary alicyclic amines) is 1. The number of benzene rings is 2. The summed E-state index contributed by atoms with van der Waals surface area (Å²) in [7, 11) is 0. The van der Waals surface area contributed by atoms with Crippen molar-refractivity contribution in [2.75, 3.05) is 19.6 Å². The van der Waals surface area contributed by atoms with E-state index in [1.165, 1.54) is 23.8 Å². The van der Waals surface area contributed by atoms with E-state index >= 15 is 0 Å². The highest BCUT2D eigenvalue weighted by atomic mass is 19.1. The second kappa shape index (κ2) is 13.6. The van der Waals surface area contributed by atoms with Crippen molar-refractivity contribution in [3.05, 3.63) is 71.5 Å². The Morgan fingerprint density at radius 2 is 1.86 bits per heavy atom. The normalized spacial score (nSPS) is 17.1. The zero-order valence-electron chi connectivity index (χ0n) is 20.7. The summed E-state index contributed by atoms with van der Waals surface area (Å²) < 4.78 is 12.6. The molecule has 1 saturated heterocycles. The lowest BCUT2D eigenvalue weighted by Crippen LogP contribution is -2.40. The summed E-state index contributed by atoms with van der Waals surface area (Å²) in [6.07, 6.45) is 2.21. The number of rotatable bonds is 9. The zero-order chi connectivity index (χ0) is 25.8. The Kier molecular flexibility index (Phi) is 10.9. The van der Waals surface area contributed by atoms with E-state index in [0.717, 1.165) is 6.42 Å². The SMILES string of the molecule is CC(C)CC1(CC(=O)NO)CCN(CCc2ccccc2)C1=O.CCNC(=O)c1cccc(F)c1. The van der Waals surface area contributed by atoms with Crippen LogP contribution in [-0.4, -0.2) is 47.5 Å². The maximum absolute atomic E-state index is 12.9. The van der Waals surface area contributed by atoms with E-state index in [2.05, 4.69) is 31.3 Å². The van der Waals surface area contributed by atoms with Crippen molar-refractivity contribution < 1.29 is 24.0 Å². The number of halogens is 1. The van der Waals surface area contributed by atoms with Gasteiger partial charge in [0.2, 0.25) is 11.8 Å². The highest BCUT2D eigenvalue weighted by Crippen LogP contribution is 2.41. The number of hydroxylamine groups is 1. The van der Waals surface area contributed by atoms with Gasteiger partial charge in [-0.2, -0.15) is 0 Å². The monoisotopic (exact) mass is 485 g/mol. The number of hydrogen-bond donors (Lipinski definition) is 3. The average Bonchev–Trinajstić information content (AvgIpc) is 3.13. The number of nitrogens with zero attached hydrogens (tertiary/aromatic N) is 1. The smallest absolute Gasteiger partial charge is 0.251 e. The lowest BCUT2D eigenvalue weighted by atomic mass is 9.76. The fraction of sp³-hybridized carbons (Fsp3) is 0.444. The van der Waals surface area contributed by atoms with E-state index in [0.29, 0.717) is 44.0 Å². The second-order valence-electron chi connectivity index (χ2n) is 9.24. The third-order valence-corrected chi connectivity index (χ3v) is 5.96. The molecule has 1 aliphatic rings. The summed E-state index contributed by atoms with van der Waals surface area (Å²) >= 11 is 0. The molecule has 7 nitrogen and oxygen atoms in total. The number of hydrogen-bond acceptors (Lipinski definition) is 4. The van der Waals surface area contributed by atoms with Gasteiger partial charge in [0, 0.05) is 31.6 Å². The van der Waals surface area contributed by atoms with Crippen molar-refractivity contribution in [3.8, 4) is 0 Å². The van der Waals surface area contributed by atoms with Crippen LogP contribution in [0.3, 0.4) is 0 Å². The van der Waals surface area contributed by atoms with Gasteiger partial charge in [-0.05, 0) is 55.9 Å². The molecule has 1 atom stereocenters. The van der Waals surface area contributed by atoms with Crippen LogP contribution in [-0.2, 0) is 16.0 Å². The van der Waals surface area contributed by atoms with Gasteiger partial charge in [-0.1, -0.05) is 50.2 Å². The molecule has 35 heavy (non-hydrogen) atoms. The molecule has 1 unspecified atom stereocenters. The number of carbonyl (C=O) groups excluding carboxylic acids is 3. The van der Waals surface area contributed by atoms with Gasteiger partial charge in [0.1, 0.15) is 5.82 Å². The van der Waals surface area contributed by atoms with Crippen molar-refractivity contribution in [1.29, 1.82) is 0 Å². The fourth-order valence-corrected chi connectivity index (χ4v) is 4.46. The van der Waals surface area contributed by atoms with Gasteiger partial charge in [-0.3, -0.25) is 19.6 Å². The van der Waals surface area contributed by atoms with Crippen molar-refractivity contribution in [3.63, 3.8) is 0 Å². The van der Waals surface area contributed by atoms with Crippen LogP contribution in [0.2, 0.25) is 0 Å². The molecule has 1 fully saturated rings. The van der Waals surface area contributed by atoms with Gasteiger partial charge >= 0.3 is 0 Å². The molecule has 0 saturated carbocycles. The Morgan fingerprint density at radius 1 is 1.14 bits per heavy atom. The minimum Gasteiger partial charge on any atom is -0.352 e. The van der Waals surface area contributed by atoms with Crippen LogP contribution in [0.4, 0.5) is 4.39 Å². The first-order valence-corrected chi connectivity index (χ1v) is 12.0. The molecule has 1 heterocycles. The Balaban J connectivity index is 0.000000303. The van der Waals surface area contributed by atoms with Crippen molar-refractivity contribution >= 4 is 17.7 Å². The molecule has 1 aliphatic heterocycles. The van der Waals surface area contributed by atoms with E-state index in [1.54, 1.807) is 11.5 Å². The first-order chi connectivity index (χ1) is 16.7. The molecule has 8 heteroatoms. The number of carbonyl (C=O) groups is 3. The highest BCUT2D eigenvalue weighted by Gasteiger charge is 2.47. The van der Waals surface area contributed by atoms with E-state index in [-0.39, 0.29) is 18.2 Å². The maximum Gasteiger partial charge on any atom is 0.251 e. The minimum absolute atomic E-state index is 0.0470. The molecule has 3 rings (SSSR count). The van der Waals surface area contributed by atoms with Crippen LogP contribution in [0.25, 0.3) is 0 Å². The molecule has 0 bridgehead atoms. The van der Waals surface area contributed by atoms with Crippen molar-refractivity contribution in [2.24, 2.45) is 11.3 Å². The van der Waals surface area contributed by atoms with E-state index in [4.69, 9.17) is 5.21 Å². The highest BCUT2D eigenvalue weighted by molar-refractivity contribution is 5.94. The predicted molar refractivity (Wildman–Crippen MR) is 132 cm³/mol. The molecule has 0 spiro atoms. The van der Waals surface area contributed by atoms with Gasteiger partial charge in [-0.15, -0.1) is 0 Å². The third-order valence-electron chi connectivity index (χ3n) is 5.96. The summed E-state index contributed by atoms with van der Waals surface area (Å²) in [4.78, 5) is 37.5. The standard InChI is InChI=1S/C18H26N2O3.C9H10FNO/c1-14(2)12-18(13-16(21)19-23)9-11-20(17(18)22)10-8-15-6-4-3-5-7-15;1-2-11-9(12)7-4-3-5-8(10)6-7/h3-7,14,23H,8-13H2,1-2H3,(H,19,21);3-6H,2H2,1H3,(H,11,12). The molecule has 2 aromatic carbocycles. The first kappa shape index (κ1) is 28.0. The fourth-order valence-electron chi connectivity index (χ4n) is 4.46. The Labute approximate surface area is 206 Å². The molecule has 190 valence electrons. The van der Waals surface area contributed by atoms with Crippen LogP contribution < -0.4 is 10.8 Å². The van der Waals surface area contributed by atoms with E-state index in [9.17, 15) is 18.8 Å². The van der Waals surface area contributed by atoms with Crippen molar-refractivity contribution in [2.45, 2.75) is 46.5 Å². The third kappa shape index (κ3) is 8.47. The lowest BCUT2D eigenvalue weighted by Gasteiger charge is -2.28. The van der Waals surface area contributed by atoms with Gasteiger partial charge in [0.05, 0.1) is 5.41 Å². The van der Waals surface area contributed by atoms with Gasteiger partial charge in [-0.25, -0.2) is 9.87 Å². The molecular weight excluding hydrogens is 449 g/mol. The van der Waals surface area contributed by atoms with Crippen LogP contribution in [0.5, 0.6) is 0 Å². The summed E-state index contributed by atoms with van der Waals surface area (Å²) in [5.74, 6) is -0.745. The summed E-state index contributed by atoms with van der Waals surface area (Å²) in [5, 5.41) is 11.4. The first-order valence-electron chi connectivity index (χ1n) is 12.0. The lowest BCUT2D eigenvalue weighted by molar-refractivity contribution is -0.143. The Hall–Kier alpha value is -3.26. The second-order valence-corrected chi connectivity index (χ2v) is 9.24. The molecule has 0 aromatic heterocycles. The van der Waals surface area contributed by atoms with Crippen LogP contribution in [0, 0.1) is 17.2 Å². The largest absolute Gasteiger partial charge is 0.352 e. The summed E-state index contributed by atoms with van der Waals surface area (Å²) in [6.45, 7) is 7.82. The summed E-state index contributed by atoms with van der Waals surface area (Å²) in [6, 6.07) is 15.7. The Morgan fingerprint density at radius 3 is 2.46 bits per heavy atom. The number of amides is 3. The van der Waals surface area contributed by atoms with Gasteiger partial charge in [0.15, 0.2) is 0 Å². The van der Waals surface area contributed by atoms with Crippen LogP contribution >= 0.6 is 0 Å². The van der Waals surface area contributed by atoms with Gasteiger partial charge in [0.25, 0.3) is 5.91 Å². The average molecular weight is 486 g/mol. The van der Waals surface area contributed by atoms with Crippen LogP contribution in [0.1, 0.15) is 56.0 Å². The molecule has 0 radical (unpaired) electrons. The minimum atomic E-state index is -0.669. The molecule has 0 aliphatic carbocycles. The predicted octanol–water partition coefficient (Wildman–Crippen LogP) is 3.96. The quantitative estimate of drug-likeness (QED) is 0.370. The molecular formula is C27H36FN3O4. The number of nitrogens with one attached hydrogen (secondary N) is 2. The molecule has 3 amide bonds. The van der Waals surface area contributed by atoms with Crippen molar-refractivity contribution in [1.82, 2.24) is 15.7 Å². The van der Waals surface area contributed by atoms with E-state index in [1.807, 2.05) is 30.0 Å².